The topological polar surface area (TPSA) is 108 Å². The van der Waals surface area contributed by atoms with E-state index in [1.165, 1.54) is 0 Å². The lowest BCUT2D eigenvalue weighted by molar-refractivity contribution is -0.149. The van der Waals surface area contributed by atoms with Gasteiger partial charge in [-0.1, -0.05) is 55.5 Å². The van der Waals surface area contributed by atoms with Crippen LogP contribution in [0.1, 0.15) is 34.8 Å². The minimum absolute atomic E-state index is 0.100. The number of carbonyl (C=O) groups excluding carboxylic acids is 3. The molecular weight excluding hydrogens is 654 g/mol. The molecule has 0 bridgehead atoms. The number of fused-ring (bicyclic) bond motifs is 2. The van der Waals surface area contributed by atoms with Crippen molar-refractivity contribution in [3.8, 4) is 5.75 Å². The van der Waals surface area contributed by atoms with Gasteiger partial charge in [-0.3, -0.25) is 19.3 Å². The minimum atomic E-state index is -3.58. The summed E-state index contributed by atoms with van der Waals surface area (Å²) in [4.78, 5) is 45.2. The lowest BCUT2D eigenvalue weighted by Gasteiger charge is -2.31. The zero-order valence-corrected chi connectivity index (χ0v) is 29.6. The van der Waals surface area contributed by atoms with Crippen molar-refractivity contribution in [2.75, 3.05) is 30.5 Å². The Labute approximate surface area is 292 Å². The quantitative estimate of drug-likeness (QED) is 0.132. The summed E-state index contributed by atoms with van der Waals surface area (Å²) in [6.07, 6.45) is -1.07. The predicted molar refractivity (Wildman–Crippen MR) is 193 cm³/mol. The molecular formula is C39H42FN3O6Si. The minimum Gasteiger partial charge on any atom is -0.497 e. The van der Waals surface area contributed by atoms with Crippen LogP contribution in [0.25, 0.3) is 0 Å². The molecule has 2 N–H and O–H groups in total. The van der Waals surface area contributed by atoms with Crippen molar-refractivity contribution in [2.45, 2.75) is 50.2 Å². The largest absolute Gasteiger partial charge is 0.497 e. The molecule has 0 aromatic heterocycles. The van der Waals surface area contributed by atoms with Crippen molar-refractivity contribution < 1.29 is 33.1 Å². The van der Waals surface area contributed by atoms with E-state index < -0.39 is 31.6 Å². The predicted octanol–water partition coefficient (Wildman–Crippen LogP) is 6.81. The molecule has 11 heteroatoms. The number of rotatable bonds is 11. The second-order valence-electron chi connectivity index (χ2n) is 13.4. The lowest BCUT2D eigenvalue weighted by atomic mass is 9.82. The summed E-state index contributed by atoms with van der Waals surface area (Å²) in [5, 5.41) is 12.8. The summed E-state index contributed by atoms with van der Waals surface area (Å²) in [7, 11) is -2.03. The third-order valence-corrected chi connectivity index (χ3v) is 12.3. The molecule has 4 atom stereocenters. The zero-order valence-electron chi connectivity index (χ0n) is 28.6. The van der Waals surface area contributed by atoms with Crippen LogP contribution < -0.4 is 15.0 Å². The number of ether oxygens (including phenoxy) is 2. The first kappa shape index (κ1) is 35.0. The van der Waals surface area contributed by atoms with Gasteiger partial charge in [-0.2, -0.15) is 0 Å². The van der Waals surface area contributed by atoms with Crippen molar-refractivity contribution in [3.05, 3.63) is 120 Å². The molecule has 0 unspecified atom stereocenters. The van der Waals surface area contributed by atoms with E-state index in [0.29, 0.717) is 33.9 Å². The Morgan fingerprint density at radius 2 is 1.66 bits per heavy atom. The van der Waals surface area contributed by atoms with Gasteiger partial charge in [0.2, 0.25) is 14.3 Å². The highest BCUT2D eigenvalue weighted by molar-refractivity contribution is 6.72. The molecule has 9 nitrogen and oxygen atoms in total. The number of methoxy groups -OCH3 is 1. The van der Waals surface area contributed by atoms with Crippen LogP contribution in [0.5, 0.6) is 5.75 Å². The van der Waals surface area contributed by atoms with Gasteiger partial charge in [0, 0.05) is 47.1 Å². The highest BCUT2D eigenvalue weighted by atomic mass is 28.4. The molecule has 1 fully saturated rings. The monoisotopic (exact) mass is 695 g/mol. The van der Waals surface area contributed by atoms with Gasteiger partial charge in [-0.15, -0.1) is 0 Å². The Balaban J connectivity index is 1.39. The van der Waals surface area contributed by atoms with Crippen LogP contribution in [0.3, 0.4) is 0 Å². The van der Waals surface area contributed by atoms with Crippen LogP contribution in [0.2, 0.25) is 18.6 Å². The number of anilines is 3. The average molecular weight is 696 g/mol. The van der Waals surface area contributed by atoms with Crippen LogP contribution in [0, 0.1) is 5.92 Å². The fourth-order valence-electron chi connectivity index (χ4n) is 7.55. The van der Waals surface area contributed by atoms with Gasteiger partial charge in [0.05, 0.1) is 31.9 Å². The molecule has 1 spiro atoms. The molecule has 4 aromatic carbocycles. The van der Waals surface area contributed by atoms with Crippen molar-refractivity contribution in [1.82, 2.24) is 4.90 Å². The number of amides is 3. The maximum Gasteiger partial charge on any atom is 0.268 e. The SMILES string of the molecule is COc1ccc(C(=O)Nc2ccc3c(c2)[C@]2(O[C@@H](CC(=O)N(CCO)Cc4ccccc4)[C@H]([Si](C)(C)F)[C@H]2C)C(=O)N3c2ccccc2)cc1. The highest BCUT2D eigenvalue weighted by Gasteiger charge is 2.67. The fourth-order valence-corrected chi connectivity index (χ4v) is 10.0. The van der Waals surface area contributed by atoms with Gasteiger partial charge < -0.3 is 28.9 Å². The molecule has 2 heterocycles. The number of para-hydroxylation sites is 1. The van der Waals surface area contributed by atoms with Gasteiger partial charge in [0.1, 0.15) is 5.75 Å². The maximum atomic E-state index is 16.5. The Morgan fingerprint density at radius 1 is 1.00 bits per heavy atom. The first-order valence-corrected chi connectivity index (χ1v) is 19.7. The summed E-state index contributed by atoms with van der Waals surface area (Å²) >= 11 is 0. The van der Waals surface area contributed by atoms with Gasteiger partial charge in [-0.25, -0.2) is 0 Å². The van der Waals surface area contributed by atoms with E-state index in [0.717, 1.165) is 5.56 Å². The molecule has 6 rings (SSSR count). The van der Waals surface area contributed by atoms with Crippen molar-refractivity contribution in [1.29, 1.82) is 0 Å². The summed E-state index contributed by atoms with van der Waals surface area (Å²) < 4.78 is 28.5. The Morgan fingerprint density at radius 3 is 2.28 bits per heavy atom. The van der Waals surface area contributed by atoms with E-state index in [1.54, 1.807) is 72.5 Å². The normalized spacial score (nSPS) is 21.3. The molecule has 2 aliphatic rings. The smallest absolute Gasteiger partial charge is 0.268 e. The van der Waals surface area contributed by atoms with Crippen molar-refractivity contribution >= 4 is 43.2 Å². The second kappa shape index (κ2) is 14.2. The molecule has 1 saturated heterocycles. The van der Waals surface area contributed by atoms with Crippen LogP contribution in [0.4, 0.5) is 21.2 Å². The first-order chi connectivity index (χ1) is 24.0. The van der Waals surface area contributed by atoms with Crippen LogP contribution in [-0.2, 0) is 26.5 Å². The van der Waals surface area contributed by atoms with Gasteiger partial charge in [-0.05, 0) is 73.3 Å². The molecule has 0 aliphatic carbocycles. The van der Waals surface area contributed by atoms with Crippen LogP contribution in [-0.4, -0.2) is 62.5 Å². The van der Waals surface area contributed by atoms with E-state index in [1.807, 2.05) is 67.6 Å². The van der Waals surface area contributed by atoms with Crippen molar-refractivity contribution in [3.63, 3.8) is 0 Å². The van der Waals surface area contributed by atoms with E-state index in [4.69, 9.17) is 9.47 Å². The fraction of sp³-hybridized carbons (Fsp3) is 0.308. The second-order valence-corrected chi connectivity index (χ2v) is 17.2. The van der Waals surface area contributed by atoms with Gasteiger partial charge >= 0.3 is 0 Å². The van der Waals surface area contributed by atoms with Gasteiger partial charge in [0.25, 0.3) is 11.8 Å². The van der Waals surface area contributed by atoms with E-state index in [-0.39, 0.29) is 43.8 Å². The van der Waals surface area contributed by atoms with E-state index in [9.17, 15) is 19.5 Å². The molecule has 4 aromatic rings. The number of nitrogens with zero attached hydrogens (tertiary/aromatic N) is 2. The first-order valence-electron chi connectivity index (χ1n) is 16.8. The average Bonchev–Trinajstić information content (AvgIpc) is 3.54. The molecule has 260 valence electrons. The number of benzene rings is 4. The summed E-state index contributed by atoms with van der Waals surface area (Å²) in [5.74, 6) is -1.06. The molecule has 50 heavy (non-hydrogen) atoms. The lowest BCUT2D eigenvalue weighted by Crippen LogP contribution is -2.44. The Hall–Kier alpha value is -4.84. The molecule has 0 saturated carbocycles. The van der Waals surface area contributed by atoms with Gasteiger partial charge in [0.15, 0.2) is 5.60 Å². The number of halogens is 1. The summed E-state index contributed by atoms with van der Waals surface area (Å²) in [6.45, 7) is 5.14. The molecule has 3 amide bonds. The molecule has 0 radical (unpaired) electrons. The third kappa shape index (κ3) is 6.56. The van der Waals surface area contributed by atoms with Crippen molar-refractivity contribution in [2.24, 2.45) is 5.92 Å². The third-order valence-electron chi connectivity index (χ3n) is 9.81. The number of carbonyl (C=O) groups is 3. The Bertz CT molecular complexity index is 1850. The maximum absolute atomic E-state index is 16.5. The number of hydrogen-bond acceptors (Lipinski definition) is 6. The summed E-state index contributed by atoms with van der Waals surface area (Å²) in [5.41, 5.74) is 1.08. The number of hydrogen-bond donors (Lipinski definition) is 2. The summed E-state index contributed by atoms with van der Waals surface area (Å²) in [6, 6.07) is 30.6. The van der Waals surface area contributed by atoms with Crippen LogP contribution >= 0.6 is 0 Å². The Kier molecular flexibility index (Phi) is 9.93. The van der Waals surface area contributed by atoms with E-state index in [2.05, 4.69) is 5.32 Å². The molecule has 2 aliphatic heterocycles. The standard InChI is InChI=1S/C39H42FN3O6Si/c1-26-36(50(3,4)40)34(24-35(45)42(21-22-44)25-27-11-7-5-8-12-27)49-39(26)32-23-29(41-37(46)28-15-18-31(48-2)19-16-28)17-20-33(32)43(38(39)47)30-13-9-6-10-14-30/h5-20,23,26,34,36,44H,21-22,24-25H2,1-4H3,(H,41,46)/t26-,34+,36-,39+/m1/s1. The number of aliphatic hydroxyl groups is 1. The van der Waals surface area contributed by atoms with E-state index >= 15 is 4.11 Å². The number of nitrogens with one attached hydrogen (secondary N) is 1. The number of aliphatic hydroxyl groups excluding tert-OH is 1. The highest BCUT2D eigenvalue weighted by Crippen LogP contribution is 2.61. The van der Waals surface area contributed by atoms with Crippen LogP contribution in [0.15, 0.2) is 103 Å². The zero-order chi connectivity index (χ0) is 35.6.